The molecule has 9 atom stereocenters. The number of nitrogens with zero attached hydrogens (tertiary/aromatic N) is 5. The van der Waals surface area contributed by atoms with Crippen molar-refractivity contribution in [1.82, 2.24) is 30.0 Å². The first-order valence-electron chi connectivity index (χ1n) is 21.5. The summed E-state index contributed by atoms with van der Waals surface area (Å²) in [5.74, 6) is 0.826. The molecule has 12 nitrogen and oxygen atoms in total. The highest BCUT2D eigenvalue weighted by Crippen LogP contribution is 2.77. The fourth-order valence-electron chi connectivity index (χ4n) is 13.6. The number of hydrogen-bond donors (Lipinski definition) is 3. The first kappa shape index (κ1) is 42.9. The monoisotopic (exact) mass is 820 g/mol. The van der Waals surface area contributed by atoms with Gasteiger partial charge in [0.15, 0.2) is 17.4 Å². The van der Waals surface area contributed by atoms with E-state index in [-0.39, 0.29) is 58.2 Å². The Kier molecular flexibility index (Phi) is 10.9. The molecule has 0 aromatic carbocycles. The molecule has 2 heterocycles. The molecule has 4 saturated carbocycles. The normalized spacial score (nSPS) is 34.9. The lowest BCUT2D eigenvalue weighted by Crippen LogP contribution is -2.66. The van der Waals surface area contributed by atoms with Gasteiger partial charge in [0.25, 0.3) is 0 Å². The maximum Gasteiger partial charge on any atom is 0.309 e. The number of carbonyl (C=O) groups excluding carboxylic acids is 2. The van der Waals surface area contributed by atoms with Gasteiger partial charge in [-0.3, -0.25) is 14.4 Å². The quantitative estimate of drug-likeness (QED) is 0.188. The van der Waals surface area contributed by atoms with Crippen molar-refractivity contribution < 1.29 is 29.3 Å². The van der Waals surface area contributed by atoms with E-state index in [1.165, 1.54) is 12.4 Å². The Balaban J connectivity index is 1.22. The Morgan fingerprint density at radius 3 is 2.31 bits per heavy atom. The molecular weight excluding hydrogens is 756 g/mol. The molecule has 3 N–H and O–H groups in total. The third-order valence-corrected chi connectivity index (χ3v) is 17.0. The van der Waals surface area contributed by atoms with E-state index in [9.17, 15) is 24.6 Å². The first-order chi connectivity index (χ1) is 27.1. The summed E-state index contributed by atoms with van der Waals surface area (Å²) in [5, 5.41) is 35.3. The average molecular weight is 822 g/mol. The molecule has 0 spiro atoms. The zero-order chi connectivity index (χ0) is 42.4. The number of aliphatic carboxylic acids is 1. The van der Waals surface area contributed by atoms with Crippen molar-refractivity contribution in [1.29, 1.82) is 0 Å². The summed E-state index contributed by atoms with van der Waals surface area (Å²) in [5.41, 5.74) is -0.360. The van der Waals surface area contributed by atoms with E-state index in [2.05, 4.69) is 73.9 Å². The number of hydrogen-bond acceptors (Lipinski definition) is 10. The second-order valence-corrected chi connectivity index (χ2v) is 21.3. The molecule has 0 unspecified atom stereocenters. The standard InChI is InChI=1S/C45H65ClN6O6/c1-25(2)33-28(53)21-45(35(55)37-50-51-38(52(37)20-19-47-10)36-48-23-26(46)24-49-36)18-17-43(8)27(34(33)45)11-12-30-42(7)15-14-31(58-32(54)22-40(3,4)39(56)57)41(5,6)29(42)13-16-44(30,43)9/h23-25,27,29-31,35,47,55H,11-22H2,1-10H3,(H,56,57)/t27-,29+,30-,31+,35-,42+,43-,44-,45-/m1/s1. The summed E-state index contributed by atoms with van der Waals surface area (Å²) in [6.07, 6.45) is 9.03. The predicted octanol–water partition coefficient (Wildman–Crippen LogP) is 8.03. The van der Waals surface area contributed by atoms with Gasteiger partial charge in [-0.25, -0.2) is 9.97 Å². The van der Waals surface area contributed by atoms with Crippen LogP contribution in [0.1, 0.15) is 138 Å². The van der Waals surface area contributed by atoms with Gasteiger partial charge in [0, 0.05) is 42.7 Å². The lowest BCUT2D eigenvalue weighted by molar-refractivity contribution is -0.235. The maximum absolute atomic E-state index is 14.4. The summed E-state index contributed by atoms with van der Waals surface area (Å²) < 4.78 is 8.09. The van der Waals surface area contributed by atoms with Crippen molar-refractivity contribution in [2.24, 2.45) is 56.2 Å². The third-order valence-electron chi connectivity index (χ3n) is 16.8. The number of likely N-dealkylation sites (N-methyl/N-ethyl adjacent to an activating group) is 1. The average Bonchev–Trinajstić information content (AvgIpc) is 3.70. The third kappa shape index (κ3) is 6.39. The fraction of sp³-hybridized carbons (Fsp3) is 0.756. The van der Waals surface area contributed by atoms with Crippen molar-refractivity contribution >= 4 is 29.3 Å². The number of carboxylic acids is 1. The second-order valence-electron chi connectivity index (χ2n) is 20.8. The number of aliphatic hydroxyl groups excluding tert-OH is 1. The van der Waals surface area contributed by atoms with Crippen LogP contribution in [0.5, 0.6) is 0 Å². The number of carbonyl (C=O) groups is 3. The molecule has 0 amide bonds. The fourth-order valence-corrected chi connectivity index (χ4v) is 13.7. The maximum atomic E-state index is 14.4. The van der Waals surface area contributed by atoms with Gasteiger partial charge in [0.2, 0.25) is 5.82 Å². The molecule has 7 rings (SSSR count). The van der Waals surface area contributed by atoms with E-state index >= 15 is 0 Å². The zero-order valence-electron chi connectivity index (χ0n) is 36.2. The number of esters is 1. The van der Waals surface area contributed by atoms with Crippen molar-refractivity contribution in [3.8, 4) is 11.6 Å². The van der Waals surface area contributed by atoms with Crippen LogP contribution >= 0.6 is 11.6 Å². The molecule has 5 aliphatic rings. The number of nitrogens with one attached hydrogen (secondary N) is 1. The van der Waals surface area contributed by atoms with Gasteiger partial charge in [-0.15, -0.1) is 10.2 Å². The lowest BCUT2D eigenvalue weighted by atomic mass is 9.33. The number of aliphatic hydroxyl groups is 1. The second kappa shape index (κ2) is 14.8. The number of allylic oxidation sites excluding steroid dienone is 1. The molecule has 5 aliphatic carbocycles. The first-order valence-corrected chi connectivity index (χ1v) is 21.9. The minimum absolute atomic E-state index is 0.00635. The summed E-state index contributed by atoms with van der Waals surface area (Å²) >= 11 is 6.13. The number of ether oxygens (including phenoxy) is 1. The largest absolute Gasteiger partial charge is 0.481 e. The zero-order valence-corrected chi connectivity index (χ0v) is 37.0. The Morgan fingerprint density at radius 1 is 0.983 bits per heavy atom. The Bertz CT molecular complexity index is 1990. The lowest BCUT2D eigenvalue weighted by Gasteiger charge is -2.72. The molecule has 2 aromatic rings. The molecule has 13 heteroatoms. The molecular formula is C45H65ClN6O6. The smallest absolute Gasteiger partial charge is 0.309 e. The predicted molar refractivity (Wildman–Crippen MR) is 220 cm³/mol. The number of carboxylic acid groups (broad SMARTS) is 1. The topological polar surface area (TPSA) is 169 Å². The molecule has 0 radical (unpaired) electrons. The molecule has 0 bridgehead atoms. The minimum Gasteiger partial charge on any atom is -0.481 e. The number of aromatic nitrogens is 5. The van der Waals surface area contributed by atoms with Crippen molar-refractivity contribution in [3.63, 3.8) is 0 Å². The van der Waals surface area contributed by atoms with E-state index in [4.69, 9.17) is 16.3 Å². The SMILES string of the molecule is CNCCn1c(-c2ncc(Cl)cn2)nnc1[C@@H](O)[C@@]12CC[C@]3(C)[C@H](CC[C@@H]4[C@@]5(C)CC[C@H](OC(=O)CC(C)(C)C(=O)O)C(C)(C)[C@@H]5CC[C@]43C)C1=C(C(C)C)C(=O)C2. The highest BCUT2D eigenvalue weighted by atomic mass is 35.5. The van der Waals surface area contributed by atoms with E-state index in [0.29, 0.717) is 53.8 Å². The van der Waals surface area contributed by atoms with Crippen LogP contribution in [0.25, 0.3) is 11.6 Å². The molecule has 4 fully saturated rings. The highest BCUT2D eigenvalue weighted by molar-refractivity contribution is 6.30. The number of halogens is 1. The van der Waals surface area contributed by atoms with E-state index in [0.717, 1.165) is 56.1 Å². The Hall–Kier alpha value is -3.22. The molecule has 318 valence electrons. The highest BCUT2D eigenvalue weighted by Gasteiger charge is 2.71. The minimum atomic E-state index is -1.19. The van der Waals surface area contributed by atoms with Gasteiger partial charge >= 0.3 is 11.9 Å². The van der Waals surface area contributed by atoms with Gasteiger partial charge in [0.05, 0.1) is 16.9 Å². The number of rotatable bonds is 11. The summed E-state index contributed by atoms with van der Waals surface area (Å²) in [6, 6.07) is 0. The molecule has 0 saturated heterocycles. The van der Waals surface area contributed by atoms with Gasteiger partial charge in [-0.2, -0.15) is 0 Å². The molecule has 0 aliphatic heterocycles. The van der Waals surface area contributed by atoms with Gasteiger partial charge < -0.3 is 24.8 Å². The van der Waals surface area contributed by atoms with Crippen LogP contribution in [0.4, 0.5) is 0 Å². The van der Waals surface area contributed by atoms with Gasteiger partial charge in [-0.1, -0.05) is 60.1 Å². The number of ketones is 1. The van der Waals surface area contributed by atoms with Crippen LogP contribution in [-0.2, 0) is 25.7 Å². The van der Waals surface area contributed by atoms with Crippen molar-refractivity contribution in [3.05, 3.63) is 34.4 Å². The number of Topliss-reactive ketones (excluding diaryl/α,β-unsaturated/α-hetero) is 1. The Morgan fingerprint density at radius 2 is 1.67 bits per heavy atom. The van der Waals surface area contributed by atoms with Gasteiger partial charge in [-0.05, 0) is 123 Å². The van der Waals surface area contributed by atoms with Crippen LogP contribution in [-0.4, -0.2) is 72.4 Å². The number of fused-ring (bicyclic) bond motifs is 7. The summed E-state index contributed by atoms with van der Waals surface area (Å²) in [6.45, 7) is 20.5. The van der Waals surface area contributed by atoms with Gasteiger partial charge in [0.1, 0.15) is 12.2 Å². The summed E-state index contributed by atoms with van der Waals surface area (Å²) in [4.78, 5) is 48.2. The Labute approximate surface area is 348 Å². The van der Waals surface area contributed by atoms with E-state index in [1.807, 2.05) is 11.6 Å². The molecule has 58 heavy (non-hydrogen) atoms. The van der Waals surface area contributed by atoms with Crippen LogP contribution in [0.3, 0.4) is 0 Å². The van der Waals surface area contributed by atoms with Crippen LogP contribution in [0.15, 0.2) is 23.5 Å². The van der Waals surface area contributed by atoms with Crippen LogP contribution in [0.2, 0.25) is 5.02 Å². The van der Waals surface area contributed by atoms with Crippen LogP contribution in [0, 0.1) is 56.2 Å². The molecule has 2 aromatic heterocycles. The van der Waals surface area contributed by atoms with E-state index in [1.54, 1.807) is 13.8 Å². The van der Waals surface area contributed by atoms with Crippen LogP contribution < -0.4 is 5.32 Å². The van der Waals surface area contributed by atoms with E-state index < -0.39 is 28.9 Å². The van der Waals surface area contributed by atoms with Crippen molar-refractivity contribution in [2.75, 3.05) is 13.6 Å². The summed E-state index contributed by atoms with van der Waals surface area (Å²) in [7, 11) is 1.88. The van der Waals surface area contributed by atoms with Crippen molar-refractivity contribution in [2.45, 2.75) is 145 Å².